The van der Waals surface area contributed by atoms with E-state index in [4.69, 9.17) is 0 Å². The molecule has 0 bridgehead atoms. The maximum absolute atomic E-state index is 13.4. The fourth-order valence-corrected chi connectivity index (χ4v) is 3.32. The molecule has 0 aliphatic carbocycles. The summed E-state index contributed by atoms with van der Waals surface area (Å²) in [4.78, 5) is 25.1. The van der Waals surface area contributed by atoms with Gasteiger partial charge in [0.15, 0.2) is 0 Å². The van der Waals surface area contributed by atoms with Crippen molar-refractivity contribution >= 4 is 17.5 Å². The van der Waals surface area contributed by atoms with Crippen LogP contribution in [0, 0.1) is 5.82 Å². The lowest BCUT2D eigenvalue weighted by Crippen LogP contribution is -2.27. The van der Waals surface area contributed by atoms with Crippen molar-refractivity contribution in [3.63, 3.8) is 0 Å². The lowest BCUT2D eigenvalue weighted by molar-refractivity contribution is 0.0943. The van der Waals surface area contributed by atoms with Crippen molar-refractivity contribution < 1.29 is 14.0 Å². The number of amides is 2. The smallest absolute Gasteiger partial charge is 0.272 e. The Kier molecular flexibility index (Phi) is 6.77. The minimum atomic E-state index is -0.469. The number of anilines is 1. The lowest BCUT2D eigenvalue weighted by Gasteiger charge is -2.23. The number of carbonyl (C=O) groups excluding carboxylic acids is 2. The minimum absolute atomic E-state index is 0.230. The van der Waals surface area contributed by atoms with E-state index in [1.165, 1.54) is 18.2 Å². The first kappa shape index (κ1) is 23.2. The molecule has 0 radical (unpaired) electrons. The first-order chi connectivity index (χ1) is 15.0. The van der Waals surface area contributed by atoms with E-state index in [9.17, 15) is 14.0 Å². The molecule has 0 aliphatic rings. The largest absolute Gasteiger partial charge is 0.347 e. The van der Waals surface area contributed by atoms with Crippen molar-refractivity contribution in [1.82, 2.24) is 15.1 Å². The molecule has 1 heterocycles. The van der Waals surface area contributed by atoms with Crippen molar-refractivity contribution in [1.29, 1.82) is 0 Å². The lowest BCUT2D eigenvalue weighted by atomic mass is 10.1. The zero-order valence-electron chi connectivity index (χ0n) is 19.1. The van der Waals surface area contributed by atoms with E-state index in [-0.39, 0.29) is 29.5 Å². The van der Waals surface area contributed by atoms with Gasteiger partial charge in [0.1, 0.15) is 11.5 Å². The standard InChI is InChI=1S/C25H29FN4O2/c1-16(2)22-14-21(29-30(22)25(3,4)5)24(32)27-15-17-8-6-11-20(12-17)28-23(31)18-9-7-10-19(26)13-18/h6-14,16H,15H2,1-5H3,(H,27,32)(H,28,31). The molecule has 0 atom stereocenters. The average Bonchev–Trinajstić information content (AvgIpc) is 3.19. The highest BCUT2D eigenvalue weighted by molar-refractivity contribution is 6.04. The number of nitrogens with one attached hydrogen (secondary N) is 2. The number of halogens is 1. The van der Waals surface area contributed by atoms with E-state index in [0.717, 1.165) is 11.3 Å². The van der Waals surface area contributed by atoms with E-state index < -0.39 is 11.7 Å². The van der Waals surface area contributed by atoms with Gasteiger partial charge >= 0.3 is 0 Å². The number of rotatable bonds is 6. The molecule has 0 unspecified atom stereocenters. The molecule has 0 aliphatic heterocycles. The number of nitrogens with zero attached hydrogens (tertiary/aromatic N) is 2. The highest BCUT2D eigenvalue weighted by Crippen LogP contribution is 2.23. The molecule has 0 fully saturated rings. The Labute approximate surface area is 187 Å². The normalized spacial score (nSPS) is 11.5. The summed E-state index contributed by atoms with van der Waals surface area (Å²) in [6.45, 7) is 10.6. The molecule has 2 aromatic carbocycles. The summed E-state index contributed by atoms with van der Waals surface area (Å²) >= 11 is 0. The van der Waals surface area contributed by atoms with Gasteiger partial charge in [0, 0.05) is 23.5 Å². The Bertz CT molecular complexity index is 1130. The maximum atomic E-state index is 13.4. The van der Waals surface area contributed by atoms with Crippen molar-refractivity contribution in [2.24, 2.45) is 0 Å². The quantitative estimate of drug-likeness (QED) is 0.566. The van der Waals surface area contributed by atoms with Crippen LogP contribution in [0.2, 0.25) is 0 Å². The van der Waals surface area contributed by atoms with Crippen LogP contribution in [0.25, 0.3) is 0 Å². The van der Waals surface area contributed by atoms with Gasteiger partial charge in [-0.2, -0.15) is 5.10 Å². The summed E-state index contributed by atoms with van der Waals surface area (Å²) < 4.78 is 15.3. The number of benzene rings is 2. The fraction of sp³-hybridized carbons (Fsp3) is 0.320. The molecule has 2 N–H and O–H groups in total. The first-order valence-corrected chi connectivity index (χ1v) is 10.6. The van der Waals surface area contributed by atoms with Crippen LogP contribution < -0.4 is 10.6 Å². The van der Waals surface area contributed by atoms with Crippen LogP contribution in [0.3, 0.4) is 0 Å². The molecule has 3 rings (SSSR count). The Balaban J connectivity index is 1.68. The summed E-state index contributed by atoms with van der Waals surface area (Å²) in [6, 6.07) is 14.5. The second-order valence-corrected chi connectivity index (χ2v) is 9.04. The predicted octanol–water partition coefficient (Wildman–Crippen LogP) is 5.08. The number of hydrogen-bond acceptors (Lipinski definition) is 3. The van der Waals surface area contributed by atoms with Crippen molar-refractivity contribution in [3.8, 4) is 0 Å². The predicted molar refractivity (Wildman–Crippen MR) is 123 cm³/mol. The van der Waals surface area contributed by atoms with Crippen LogP contribution in [-0.2, 0) is 12.1 Å². The summed E-state index contributed by atoms with van der Waals surface area (Å²) in [5.41, 5.74) is 2.76. The summed E-state index contributed by atoms with van der Waals surface area (Å²) in [6.07, 6.45) is 0. The Morgan fingerprint density at radius 3 is 2.38 bits per heavy atom. The van der Waals surface area contributed by atoms with Crippen molar-refractivity contribution in [3.05, 3.63) is 82.9 Å². The van der Waals surface area contributed by atoms with Crippen molar-refractivity contribution in [2.45, 2.75) is 52.6 Å². The van der Waals surface area contributed by atoms with Gasteiger partial charge < -0.3 is 10.6 Å². The van der Waals surface area contributed by atoms with Gasteiger partial charge in [-0.05, 0) is 68.7 Å². The first-order valence-electron chi connectivity index (χ1n) is 10.6. The van der Waals surface area contributed by atoms with Crippen LogP contribution >= 0.6 is 0 Å². The molecule has 2 amide bonds. The van der Waals surface area contributed by atoms with Gasteiger partial charge in [-0.25, -0.2) is 4.39 Å². The molecule has 32 heavy (non-hydrogen) atoms. The molecular formula is C25H29FN4O2. The molecule has 0 saturated heterocycles. The van der Waals surface area contributed by atoms with E-state index in [1.807, 2.05) is 16.8 Å². The second kappa shape index (κ2) is 9.34. The van der Waals surface area contributed by atoms with Crippen LogP contribution in [-0.4, -0.2) is 21.6 Å². The third kappa shape index (κ3) is 5.60. The topological polar surface area (TPSA) is 76.0 Å². The molecule has 6 nitrogen and oxygen atoms in total. The summed E-state index contributed by atoms with van der Waals surface area (Å²) in [5.74, 6) is -0.894. The van der Waals surface area contributed by atoms with Gasteiger partial charge in [0.25, 0.3) is 11.8 Å². The summed E-state index contributed by atoms with van der Waals surface area (Å²) in [5, 5.41) is 10.2. The van der Waals surface area contributed by atoms with Crippen LogP contribution in [0.5, 0.6) is 0 Å². The van der Waals surface area contributed by atoms with Gasteiger partial charge in [-0.1, -0.05) is 32.0 Å². The van der Waals surface area contributed by atoms with Gasteiger partial charge in [0.05, 0.1) is 5.54 Å². The van der Waals surface area contributed by atoms with Gasteiger partial charge in [0.2, 0.25) is 0 Å². The van der Waals surface area contributed by atoms with E-state index >= 15 is 0 Å². The van der Waals surface area contributed by atoms with E-state index in [1.54, 1.807) is 24.3 Å². The van der Waals surface area contributed by atoms with E-state index in [0.29, 0.717) is 11.4 Å². The molecule has 7 heteroatoms. The number of hydrogen-bond donors (Lipinski definition) is 2. The highest BCUT2D eigenvalue weighted by Gasteiger charge is 2.23. The minimum Gasteiger partial charge on any atom is -0.347 e. The molecule has 3 aromatic rings. The van der Waals surface area contributed by atoms with Gasteiger partial charge in [-0.3, -0.25) is 14.3 Å². The summed E-state index contributed by atoms with van der Waals surface area (Å²) in [7, 11) is 0. The molecular weight excluding hydrogens is 407 g/mol. The SMILES string of the molecule is CC(C)c1cc(C(=O)NCc2cccc(NC(=O)c3cccc(F)c3)c2)nn1C(C)(C)C. The third-order valence-corrected chi connectivity index (χ3v) is 4.92. The average molecular weight is 437 g/mol. The monoisotopic (exact) mass is 436 g/mol. The molecule has 0 saturated carbocycles. The zero-order valence-corrected chi connectivity index (χ0v) is 19.1. The fourth-order valence-electron chi connectivity index (χ4n) is 3.32. The Morgan fingerprint density at radius 1 is 1.03 bits per heavy atom. The Morgan fingerprint density at radius 2 is 1.75 bits per heavy atom. The third-order valence-electron chi connectivity index (χ3n) is 4.92. The van der Waals surface area contributed by atoms with E-state index in [2.05, 4.69) is 50.4 Å². The molecule has 0 spiro atoms. The molecule has 1 aromatic heterocycles. The Hall–Kier alpha value is -3.48. The molecule has 168 valence electrons. The highest BCUT2D eigenvalue weighted by atomic mass is 19.1. The second-order valence-electron chi connectivity index (χ2n) is 9.04. The van der Waals surface area contributed by atoms with Crippen LogP contribution in [0.1, 0.15) is 72.6 Å². The van der Waals surface area contributed by atoms with Gasteiger partial charge in [-0.15, -0.1) is 0 Å². The maximum Gasteiger partial charge on any atom is 0.272 e. The number of aromatic nitrogens is 2. The zero-order chi connectivity index (χ0) is 23.5. The number of carbonyl (C=O) groups is 2. The van der Waals surface area contributed by atoms with Crippen molar-refractivity contribution in [2.75, 3.05) is 5.32 Å². The van der Waals surface area contributed by atoms with Crippen LogP contribution in [0.15, 0.2) is 54.6 Å². The van der Waals surface area contributed by atoms with Crippen LogP contribution in [0.4, 0.5) is 10.1 Å².